The Bertz CT molecular complexity index is 878. The Labute approximate surface area is 150 Å². The molecule has 0 unspecified atom stereocenters. The van der Waals surface area contributed by atoms with Crippen molar-refractivity contribution in [1.82, 2.24) is 0 Å². The summed E-state index contributed by atoms with van der Waals surface area (Å²) in [6.07, 6.45) is -1.42. The van der Waals surface area contributed by atoms with E-state index in [1.165, 1.54) is 6.07 Å². The second kappa shape index (κ2) is 7.65. The van der Waals surface area contributed by atoms with Crippen LogP contribution in [-0.2, 0) is 6.61 Å². The fraction of sp³-hybridized carbons (Fsp3) is 0.150. The first-order chi connectivity index (χ1) is 12.5. The third kappa shape index (κ3) is 4.16. The van der Waals surface area contributed by atoms with Crippen LogP contribution in [0.4, 0.5) is 4.79 Å². The van der Waals surface area contributed by atoms with Crippen molar-refractivity contribution in [3.8, 4) is 28.6 Å². The van der Waals surface area contributed by atoms with Crippen LogP contribution in [0.1, 0.15) is 11.3 Å². The first-order valence-electron chi connectivity index (χ1n) is 7.92. The van der Waals surface area contributed by atoms with Crippen LogP contribution in [-0.4, -0.2) is 18.4 Å². The third-order valence-electron chi connectivity index (χ3n) is 3.86. The van der Waals surface area contributed by atoms with Crippen LogP contribution in [0.25, 0.3) is 11.1 Å². The minimum Gasteiger partial charge on any atom is -0.497 e. The predicted molar refractivity (Wildman–Crippen MR) is 94.9 cm³/mol. The number of carboxylic acid groups (broad SMARTS) is 1. The fourth-order valence-electron chi connectivity index (χ4n) is 2.46. The molecule has 0 saturated carbocycles. The van der Waals surface area contributed by atoms with Crippen molar-refractivity contribution >= 4 is 6.16 Å². The Morgan fingerprint density at radius 3 is 2.12 bits per heavy atom. The lowest BCUT2D eigenvalue weighted by molar-refractivity contribution is 0.132. The molecule has 0 spiro atoms. The maximum Gasteiger partial charge on any atom is 0.513 e. The number of aryl methyl sites for hydroxylation is 1. The number of ether oxygens (including phenoxy) is 3. The van der Waals surface area contributed by atoms with Gasteiger partial charge in [-0.25, -0.2) is 4.79 Å². The molecular formula is C20H18O6. The van der Waals surface area contributed by atoms with E-state index in [4.69, 9.17) is 19.0 Å². The van der Waals surface area contributed by atoms with Crippen molar-refractivity contribution in [2.45, 2.75) is 13.5 Å². The largest absolute Gasteiger partial charge is 0.513 e. The molecule has 1 aromatic heterocycles. The highest BCUT2D eigenvalue weighted by atomic mass is 16.7. The molecular weight excluding hydrogens is 336 g/mol. The van der Waals surface area contributed by atoms with E-state index in [2.05, 4.69) is 4.74 Å². The number of carbonyl (C=O) groups is 1. The molecule has 2 aromatic carbocycles. The highest BCUT2D eigenvalue weighted by Gasteiger charge is 2.12. The lowest BCUT2D eigenvalue weighted by Crippen LogP contribution is -2.01. The molecule has 0 radical (unpaired) electrons. The molecule has 1 heterocycles. The van der Waals surface area contributed by atoms with Gasteiger partial charge in [0, 0.05) is 11.6 Å². The molecule has 26 heavy (non-hydrogen) atoms. The molecule has 3 rings (SSSR count). The predicted octanol–water partition coefficient (Wildman–Crippen LogP) is 4.90. The SMILES string of the molecule is COc1ccc(-c2ccc(OCc3cc(OC(=O)O)oc3C)cc2)cc1. The van der Waals surface area contributed by atoms with E-state index in [0.717, 1.165) is 22.4 Å². The van der Waals surface area contributed by atoms with Crippen LogP contribution >= 0.6 is 0 Å². The average molecular weight is 354 g/mol. The lowest BCUT2D eigenvalue weighted by atomic mass is 10.1. The van der Waals surface area contributed by atoms with Gasteiger partial charge in [-0.3, -0.25) is 0 Å². The maximum absolute atomic E-state index is 10.5. The smallest absolute Gasteiger partial charge is 0.497 e. The van der Waals surface area contributed by atoms with E-state index in [1.807, 2.05) is 48.5 Å². The van der Waals surface area contributed by atoms with Gasteiger partial charge in [0.2, 0.25) is 0 Å². The minimum absolute atomic E-state index is 0.0662. The highest BCUT2D eigenvalue weighted by Crippen LogP contribution is 2.26. The van der Waals surface area contributed by atoms with Crippen LogP contribution in [0.5, 0.6) is 17.4 Å². The first-order valence-corrected chi connectivity index (χ1v) is 7.92. The highest BCUT2D eigenvalue weighted by molar-refractivity contribution is 5.65. The van der Waals surface area contributed by atoms with Crippen LogP contribution < -0.4 is 14.2 Å². The summed E-state index contributed by atoms with van der Waals surface area (Å²) < 4.78 is 20.6. The van der Waals surface area contributed by atoms with Gasteiger partial charge >= 0.3 is 6.16 Å². The van der Waals surface area contributed by atoms with Gasteiger partial charge in [0.25, 0.3) is 5.95 Å². The summed E-state index contributed by atoms with van der Waals surface area (Å²) in [6.45, 7) is 1.97. The van der Waals surface area contributed by atoms with Crippen molar-refractivity contribution in [2.24, 2.45) is 0 Å². The van der Waals surface area contributed by atoms with Gasteiger partial charge in [-0.2, -0.15) is 0 Å². The summed E-state index contributed by atoms with van der Waals surface area (Å²) in [7, 11) is 1.64. The monoisotopic (exact) mass is 354 g/mol. The molecule has 0 aliphatic rings. The second-order valence-corrected chi connectivity index (χ2v) is 5.56. The van der Waals surface area contributed by atoms with Crippen molar-refractivity contribution in [2.75, 3.05) is 7.11 Å². The Morgan fingerprint density at radius 1 is 1.00 bits per heavy atom. The molecule has 3 aromatic rings. The van der Waals surface area contributed by atoms with Crippen molar-refractivity contribution < 1.29 is 28.5 Å². The zero-order chi connectivity index (χ0) is 18.5. The minimum atomic E-state index is -1.42. The van der Waals surface area contributed by atoms with E-state index in [1.54, 1.807) is 14.0 Å². The number of rotatable bonds is 6. The number of benzene rings is 2. The van der Waals surface area contributed by atoms with E-state index in [9.17, 15) is 4.79 Å². The Balaban J connectivity index is 1.64. The van der Waals surface area contributed by atoms with Gasteiger partial charge in [0.1, 0.15) is 23.9 Å². The van der Waals surface area contributed by atoms with Crippen LogP contribution in [0, 0.1) is 6.92 Å². The summed E-state index contributed by atoms with van der Waals surface area (Å²) >= 11 is 0. The number of hydrogen-bond acceptors (Lipinski definition) is 5. The molecule has 1 N–H and O–H groups in total. The Kier molecular flexibility index (Phi) is 5.12. The second-order valence-electron chi connectivity index (χ2n) is 5.56. The van der Waals surface area contributed by atoms with Gasteiger partial charge in [-0.1, -0.05) is 24.3 Å². The summed E-state index contributed by atoms with van der Waals surface area (Å²) in [5.74, 6) is 2.00. The third-order valence-corrected chi connectivity index (χ3v) is 3.86. The van der Waals surface area contributed by atoms with Crippen molar-refractivity contribution in [3.05, 3.63) is 65.9 Å². The molecule has 0 amide bonds. The van der Waals surface area contributed by atoms with Gasteiger partial charge < -0.3 is 23.7 Å². The average Bonchev–Trinajstić information content (AvgIpc) is 2.99. The van der Waals surface area contributed by atoms with Crippen LogP contribution in [0.15, 0.2) is 59.0 Å². The first kappa shape index (κ1) is 17.4. The molecule has 6 nitrogen and oxygen atoms in total. The molecule has 134 valence electrons. The topological polar surface area (TPSA) is 78.1 Å². The van der Waals surface area contributed by atoms with Crippen molar-refractivity contribution in [3.63, 3.8) is 0 Å². The summed E-state index contributed by atoms with van der Waals surface area (Å²) in [5, 5.41) is 8.60. The maximum atomic E-state index is 10.5. The van der Waals surface area contributed by atoms with Gasteiger partial charge in [-0.05, 0) is 42.3 Å². The Morgan fingerprint density at radius 2 is 1.58 bits per heavy atom. The molecule has 0 aliphatic heterocycles. The lowest BCUT2D eigenvalue weighted by Gasteiger charge is -2.07. The number of methoxy groups -OCH3 is 1. The summed E-state index contributed by atoms with van der Waals surface area (Å²) in [6, 6.07) is 17.0. The standard InChI is InChI=1S/C20H18O6/c1-13-16(11-19(25-13)26-20(21)22)12-24-18-9-5-15(6-10-18)14-3-7-17(23-2)8-4-14/h3-11H,12H2,1-2H3,(H,21,22). The fourth-order valence-corrected chi connectivity index (χ4v) is 2.46. The van der Waals surface area contributed by atoms with Gasteiger partial charge in [0.15, 0.2) is 0 Å². The number of furan rings is 1. The molecule has 0 bridgehead atoms. The van der Waals surface area contributed by atoms with Crippen molar-refractivity contribution in [1.29, 1.82) is 0 Å². The van der Waals surface area contributed by atoms with Crippen LogP contribution in [0.3, 0.4) is 0 Å². The van der Waals surface area contributed by atoms with E-state index in [-0.39, 0.29) is 12.6 Å². The quantitative estimate of drug-likeness (QED) is 0.634. The molecule has 0 fully saturated rings. The van der Waals surface area contributed by atoms with Crippen LogP contribution in [0.2, 0.25) is 0 Å². The molecule has 0 atom stereocenters. The number of hydrogen-bond donors (Lipinski definition) is 1. The Hall–Kier alpha value is -3.41. The molecule has 0 aliphatic carbocycles. The van der Waals surface area contributed by atoms with E-state index in [0.29, 0.717) is 11.5 Å². The van der Waals surface area contributed by atoms with E-state index >= 15 is 0 Å². The normalized spacial score (nSPS) is 10.4. The van der Waals surface area contributed by atoms with Gasteiger partial charge in [0.05, 0.1) is 7.11 Å². The molecule has 6 heteroatoms. The zero-order valence-electron chi connectivity index (χ0n) is 14.4. The summed E-state index contributed by atoms with van der Waals surface area (Å²) in [5.41, 5.74) is 2.87. The van der Waals surface area contributed by atoms with E-state index < -0.39 is 6.16 Å². The molecule has 0 saturated heterocycles. The zero-order valence-corrected chi connectivity index (χ0v) is 14.4. The van der Waals surface area contributed by atoms with Gasteiger partial charge in [-0.15, -0.1) is 0 Å². The summed E-state index contributed by atoms with van der Waals surface area (Å²) in [4.78, 5) is 10.5.